The molecule has 94 valence electrons. The molecule has 0 saturated heterocycles. The second kappa shape index (κ2) is 5.72. The molecule has 0 radical (unpaired) electrons. The summed E-state index contributed by atoms with van der Waals surface area (Å²) in [7, 11) is 0. The molecule has 17 heavy (non-hydrogen) atoms. The quantitative estimate of drug-likeness (QED) is 0.823. The van der Waals surface area contributed by atoms with Gasteiger partial charge in [0.05, 0.1) is 6.04 Å². The van der Waals surface area contributed by atoms with Crippen molar-refractivity contribution >= 4 is 5.91 Å². The first-order valence-electron chi connectivity index (χ1n) is 5.39. The van der Waals surface area contributed by atoms with Crippen molar-refractivity contribution in [1.82, 2.24) is 5.32 Å². The molecular formula is C12H16F2N2O. The van der Waals surface area contributed by atoms with Gasteiger partial charge in [-0.3, -0.25) is 4.79 Å². The van der Waals surface area contributed by atoms with Crippen LogP contribution in [0.15, 0.2) is 18.2 Å². The van der Waals surface area contributed by atoms with Crippen LogP contribution in [0.2, 0.25) is 0 Å². The monoisotopic (exact) mass is 242 g/mol. The van der Waals surface area contributed by atoms with Gasteiger partial charge in [-0.05, 0) is 18.1 Å². The maximum absolute atomic E-state index is 13.3. The van der Waals surface area contributed by atoms with Crippen LogP contribution in [-0.4, -0.2) is 11.9 Å². The number of hydrogen-bond donors (Lipinski definition) is 2. The number of nitrogens with two attached hydrogens (primary N) is 1. The standard InChI is InChI=1S/C12H16F2N2O/c1-7(2)11(12(15)17)16-6-8-9(13)4-3-5-10(8)14/h3-5,7,11,16H,6H2,1-2H3,(H2,15,17). The summed E-state index contributed by atoms with van der Waals surface area (Å²) in [6.45, 7) is 3.55. The largest absolute Gasteiger partial charge is 0.368 e. The molecule has 0 aliphatic carbocycles. The predicted octanol–water partition coefficient (Wildman–Crippen LogP) is 1.56. The van der Waals surface area contributed by atoms with Crippen LogP contribution in [-0.2, 0) is 11.3 Å². The van der Waals surface area contributed by atoms with Crippen molar-refractivity contribution < 1.29 is 13.6 Å². The van der Waals surface area contributed by atoms with Crippen LogP contribution in [0.5, 0.6) is 0 Å². The highest BCUT2D eigenvalue weighted by atomic mass is 19.1. The number of benzene rings is 1. The van der Waals surface area contributed by atoms with Crippen molar-refractivity contribution in [2.75, 3.05) is 0 Å². The van der Waals surface area contributed by atoms with Crippen molar-refractivity contribution in [3.05, 3.63) is 35.4 Å². The van der Waals surface area contributed by atoms with Gasteiger partial charge < -0.3 is 11.1 Å². The fraction of sp³-hybridized carbons (Fsp3) is 0.417. The molecule has 0 fully saturated rings. The van der Waals surface area contributed by atoms with E-state index in [1.807, 2.05) is 0 Å². The third kappa shape index (κ3) is 3.49. The lowest BCUT2D eigenvalue weighted by atomic mass is 10.0. The number of carbonyl (C=O) groups excluding carboxylic acids is 1. The number of carbonyl (C=O) groups is 1. The van der Waals surface area contributed by atoms with Crippen LogP contribution >= 0.6 is 0 Å². The molecule has 0 aliphatic rings. The lowest BCUT2D eigenvalue weighted by Crippen LogP contribution is -2.44. The summed E-state index contributed by atoms with van der Waals surface area (Å²) in [5, 5.41) is 2.76. The van der Waals surface area contributed by atoms with Crippen LogP contribution in [0, 0.1) is 17.6 Å². The van der Waals surface area contributed by atoms with E-state index in [1.165, 1.54) is 18.2 Å². The maximum Gasteiger partial charge on any atom is 0.234 e. The van der Waals surface area contributed by atoms with E-state index < -0.39 is 23.6 Å². The van der Waals surface area contributed by atoms with Gasteiger partial charge in [-0.25, -0.2) is 8.78 Å². The molecular weight excluding hydrogens is 226 g/mol. The molecule has 0 bridgehead atoms. The fourth-order valence-electron chi connectivity index (χ4n) is 1.58. The van der Waals surface area contributed by atoms with Crippen LogP contribution in [0.3, 0.4) is 0 Å². The summed E-state index contributed by atoms with van der Waals surface area (Å²) >= 11 is 0. The number of primary amides is 1. The molecule has 1 rings (SSSR count). The van der Waals surface area contributed by atoms with E-state index in [-0.39, 0.29) is 18.0 Å². The summed E-state index contributed by atoms with van der Waals surface area (Å²) in [5.74, 6) is -1.84. The molecule has 1 atom stereocenters. The zero-order valence-corrected chi connectivity index (χ0v) is 9.84. The Hall–Kier alpha value is -1.49. The highest BCUT2D eigenvalue weighted by Crippen LogP contribution is 2.12. The first kappa shape index (κ1) is 13.6. The number of amides is 1. The van der Waals surface area contributed by atoms with E-state index in [0.29, 0.717) is 0 Å². The SMILES string of the molecule is CC(C)C(NCc1c(F)cccc1F)C(N)=O. The summed E-state index contributed by atoms with van der Waals surface area (Å²) in [6.07, 6.45) is 0. The Bertz CT molecular complexity index is 387. The van der Waals surface area contributed by atoms with Gasteiger partial charge in [0.2, 0.25) is 5.91 Å². The molecule has 0 aromatic heterocycles. The van der Waals surface area contributed by atoms with Gasteiger partial charge in [0, 0.05) is 12.1 Å². The van der Waals surface area contributed by atoms with Gasteiger partial charge >= 0.3 is 0 Å². The first-order chi connectivity index (χ1) is 7.93. The van der Waals surface area contributed by atoms with Crippen molar-refractivity contribution in [2.45, 2.75) is 26.4 Å². The van der Waals surface area contributed by atoms with Crippen molar-refractivity contribution in [3.63, 3.8) is 0 Å². The number of halogens is 2. The summed E-state index contributed by atoms with van der Waals surface area (Å²) in [5.41, 5.74) is 5.11. The van der Waals surface area contributed by atoms with Crippen molar-refractivity contribution in [3.8, 4) is 0 Å². The average Bonchev–Trinajstić information content (AvgIpc) is 2.21. The second-order valence-electron chi connectivity index (χ2n) is 4.21. The molecule has 1 aromatic carbocycles. The highest BCUT2D eigenvalue weighted by Gasteiger charge is 2.19. The Morgan fingerprint density at radius 2 is 1.88 bits per heavy atom. The van der Waals surface area contributed by atoms with Crippen LogP contribution in [0.4, 0.5) is 8.78 Å². The van der Waals surface area contributed by atoms with Crippen LogP contribution in [0.25, 0.3) is 0 Å². The normalized spacial score (nSPS) is 12.8. The Labute approximate surface area is 99.0 Å². The van der Waals surface area contributed by atoms with Gasteiger partial charge in [-0.2, -0.15) is 0 Å². The molecule has 3 nitrogen and oxygen atoms in total. The number of rotatable bonds is 5. The minimum atomic E-state index is -0.635. The number of hydrogen-bond acceptors (Lipinski definition) is 2. The smallest absolute Gasteiger partial charge is 0.234 e. The summed E-state index contributed by atoms with van der Waals surface area (Å²) in [4.78, 5) is 11.1. The maximum atomic E-state index is 13.3. The minimum absolute atomic E-state index is 0.0395. The van der Waals surface area contributed by atoms with E-state index in [4.69, 9.17) is 5.73 Å². The Morgan fingerprint density at radius 1 is 1.35 bits per heavy atom. The second-order valence-corrected chi connectivity index (χ2v) is 4.21. The Morgan fingerprint density at radius 3 is 2.29 bits per heavy atom. The molecule has 1 unspecified atom stereocenters. The van der Waals surface area contributed by atoms with Crippen LogP contribution in [0.1, 0.15) is 19.4 Å². The number of nitrogens with one attached hydrogen (secondary N) is 1. The highest BCUT2D eigenvalue weighted by molar-refractivity contribution is 5.80. The van der Waals surface area contributed by atoms with Gasteiger partial charge in [0.15, 0.2) is 0 Å². The lowest BCUT2D eigenvalue weighted by molar-refractivity contribution is -0.121. The minimum Gasteiger partial charge on any atom is -0.368 e. The van der Waals surface area contributed by atoms with Crippen LogP contribution < -0.4 is 11.1 Å². The van der Waals surface area contributed by atoms with Gasteiger partial charge in [0.25, 0.3) is 0 Å². The third-order valence-electron chi connectivity index (χ3n) is 2.53. The van der Waals surface area contributed by atoms with E-state index in [9.17, 15) is 13.6 Å². The molecule has 1 aromatic rings. The van der Waals surface area contributed by atoms with Gasteiger partial charge in [-0.1, -0.05) is 19.9 Å². The summed E-state index contributed by atoms with van der Waals surface area (Å²) < 4.78 is 26.6. The van der Waals surface area contributed by atoms with E-state index >= 15 is 0 Å². The lowest BCUT2D eigenvalue weighted by Gasteiger charge is -2.19. The van der Waals surface area contributed by atoms with Crippen molar-refractivity contribution in [2.24, 2.45) is 11.7 Å². The molecule has 5 heteroatoms. The van der Waals surface area contributed by atoms with E-state index in [1.54, 1.807) is 13.8 Å². The molecule has 0 saturated carbocycles. The molecule has 0 aliphatic heterocycles. The third-order valence-corrected chi connectivity index (χ3v) is 2.53. The van der Waals surface area contributed by atoms with E-state index in [0.717, 1.165) is 0 Å². The van der Waals surface area contributed by atoms with Crippen molar-refractivity contribution in [1.29, 1.82) is 0 Å². The topological polar surface area (TPSA) is 55.1 Å². The zero-order chi connectivity index (χ0) is 13.0. The molecule has 3 N–H and O–H groups in total. The van der Waals surface area contributed by atoms with Gasteiger partial charge in [0.1, 0.15) is 11.6 Å². The van der Waals surface area contributed by atoms with E-state index in [2.05, 4.69) is 5.32 Å². The molecule has 0 spiro atoms. The zero-order valence-electron chi connectivity index (χ0n) is 9.84. The average molecular weight is 242 g/mol. The Balaban J connectivity index is 2.75. The summed E-state index contributed by atoms with van der Waals surface area (Å²) in [6, 6.07) is 3.04. The fourth-order valence-corrected chi connectivity index (χ4v) is 1.58. The molecule has 0 heterocycles. The van der Waals surface area contributed by atoms with Gasteiger partial charge in [-0.15, -0.1) is 0 Å². The predicted molar refractivity (Wildman–Crippen MR) is 61.0 cm³/mol. The Kier molecular flexibility index (Phi) is 4.57. The molecule has 1 amide bonds. The first-order valence-corrected chi connectivity index (χ1v) is 5.39.